The molecule has 19 heavy (non-hydrogen) atoms. The van der Waals surface area contributed by atoms with Gasteiger partial charge in [-0.1, -0.05) is 36.4 Å². The molecule has 0 spiro atoms. The molecule has 1 atom stereocenters. The normalized spacial score (nSPS) is 18.8. The van der Waals surface area contributed by atoms with Gasteiger partial charge in [0, 0.05) is 18.5 Å². The van der Waals surface area contributed by atoms with Crippen molar-refractivity contribution in [2.45, 2.75) is 12.5 Å². The largest absolute Gasteiger partial charge is 0.391 e. The molecule has 1 aliphatic rings. The summed E-state index contributed by atoms with van der Waals surface area (Å²) >= 11 is 0. The number of benzene rings is 2. The summed E-state index contributed by atoms with van der Waals surface area (Å²) in [6.07, 6.45) is 0.265. The lowest BCUT2D eigenvalue weighted by molar-refractivity contribution is 0.176. The van der Waals surface area contributed by atoms with Gasteiger partial charge < -0.3 is 15.3 Å². The highest BCUT2D eigenvalue weighted by Gasteiger charge is 2.24. The van der Waals surface area contributed by atoms with Crippen molar-refractivity contribution in [1.29, 1.82) is 0 Å². The summed E-state index contributed by atoms with van der Waals surface area (Å²) in [4.78, 5) is 13.8. The number of aliphatic hydroxyl groups is 1. The first kappa shape index (κ1) is 12.0. The van der Waals surface area contributed by atoms with Crippen LogP contribution in [0.15, 0.2) is 42.5 Å². The zero-order chi connectivity index (χ0) is 13.2. The van der Waals surface area contributed by atoms with Crippen LogP contribution in [0.4, 0.5) is 10.5 Å². The SMILES string of the molecule is O=C(Nc1cccc2ccccc12)N1CCC(O)C1. The van der Waals surface area contributed by atoms with Crippen LogP contribution < -0.4 is 5.32 Å². The second kappa shape index (κ2) is 4.90. The molecule has 2 aromatic carbocycles. The molecule has 0 aliphatic carbocycles. The van der Waals surface area contributed by atoms with E-state index in [1.807, 2.05) is 42.5 Å². The molecule has 98 valence electrons. The van der Waals surface area contributed by atoms with Gasteiger partial charge in [0.25, 0.3) is 0 Å². The standard InChI is InChI=1S/C15H16N2O2/c18-12-8-9-17(10-12)15(19)16-14-7-3-5-11-4-1-2-6-13(11)14/h1-7,12,18H,8-10H2,(H,16,19). The average Bonchev–Trinajstić information content (AvgIpc) is 2.86. The van der Waals surface area contributed by atoms with Gasteiger partial charge in [-0.25, -0.2) is 4.79 Å². The van der Waals surface area contributed by atoms with E-state index in [4.69, 9.17) is 0 Å². The van der Waals surface area contributed by atoms with E-state index >= 15 is 0 Å². The highest BCUT2D eigenvalue weighted by atomic mass is 16.3. The van der Waals surface area contributed by atoms with Crippen LogP contribution in [0.2, 0.25) is 0 Å². The Morgan fingerprint density at radius 2 is 2.00 bits per heavy atom. The van der Waals surface area contributed by atoms with Crippen molar-refractivity contribution in [3.8, 4) is 0 Å². The van der Waals surface area contributed by atoms with Crippen molar-refractivity contribution < 1.29 is 9.90 Å². The monoisotopic (exact) mass is 256 g/mol. The van der Waals surface area contributed by atoms with E-state index in [9.17, 15) is 9.90 Å². The predicted octanol–water partition coefficient (Wildman–Crippen LogP) is 2.44. The highest BCUT2D eigenvalue weighted by Crippen LogP contribution is 2.23. The predicted molar refractivity (Wildman–Crippen MR) is 75.2 cm³/mol. The molecular formula is C15H16N2O2. The number of rotatable bonds is 1. The number of carbonyl (C=O) groups is 1. The van der Waals surface area contributed by atoms with Crippen LogP contribution >= 0.6 is 0 Å². The fourth-order valence-electron chi connectivity index (χ4n) is 2.45. The molecule has 4 nitrogen and oxygen atoms in total. The van der Waals surface area contributed by atoms with Crippen molar-refractivity contribution in [3.05, 3.63) is 42.5 Å². The number of carbonyl (C=O) groups excluding carboxylic acids is 1. The van der Waals surface area contributed by atoms with Crippen molar-refractivity contribution >= 4 is 22.5 Å². The summed E-state index contributed by atoms with van der Waals surface area (Å²) < 4.78 is 0. The third kappa shape index (κ3) is 2.39. The molecule has 2 aromatic rings. The van der Waals surface area contributed by atoms with E-state index in [1.165, 1.54) is 0 Å². The van der Waals surface area contributed by atoms with Gasteiger partial charge in [-0.3, -0.25) is 0 Å². The third-order valence-electron chi connectivity index (χ3n) is 3.48. The summed E-state index contributed by atoms with van der Waals surface area (Å²) in [6.45, 7) is 1.02. The van der Waals surface area contributed by atoms with Gasteiger partial charge in [0.1, 0.15) is 0 Å². The minimum atomic E-state index is -0.390. The zero-order valence-corrected chi connectivity index (χ0v) is 10.5. The Bertz CT molecular complexity index is 607. The topological polar surface area (TPSA) is 52.6 Å². The lowest BCUT2D eigenvalue weighted by atomic mass is 10.1. The van der Waals surface area contributed by atoms with Gasteiger partial charge in [-0.15, -0.1) is 0 Å². The lowest BCUT2D eigenvalue weighted by Crippen LogP contribution is -2.33. The molecule has 1 heterocycles. The molecule has 0 bridgehead atoms. The number of nitrogens with zero attached hydrogens (tertiary/aromatic N) is 1. The number of likely N-dealkylation sites (tertiary alicyclic amines) is 1. The average molecular weight is 256 g/mol. The maximum Gasteiger partial charge on any atom is 0.321 e. The van der Waals surface area contributed by atoms with Crippen molar-refractivity contribution in [2.75, 3.05) is 18.4 Å². The quantitative estimate of drug-likeness (QED) is 0.823. The molecule has 0 radical (unpaired) electrons. The van der Waals surface area contributed by atoms with Crippen LogP contribution in [0.3, 0.4) is 0 Å². The van der Waals surface area contributed by atoms with Crippen LogP contribution in [-0.2, 0) is 0 Å². The highest BCUT2D eigenvalue weighted by molar-refractivity contribution is 6.01. The third-order valence-corrected chi connectivity index (χ3v) is 3.48. The number of β-amino-alcohol motifs (C(OH)–C–C–N with tert-alkyl or cyclic N) is 1. The Morgan fingerprint density at radius 1 is 1.21 bits per heavy atom. The summed E-state index contributed by atoms with van der Waals surface area (Å²) in [5.41, 5.74) is 0.810. The minimum Gasteiger partial charge on any atom is -0.391 e. The van der Waals surface area contributed by atoms with Crippen LogP contribution in [0, 0.1) is 0 Å². The van der Waals surface area contributed by atoms with Gasteiger partial charge in [0.05, 0.1) is 11.8 Å². The van der Waals surface area contributed by atoms with Gasteiger partial charge in [-0.05, 0) is 17.9 Å². The van der Waals surface area contributed by atoms with E-state index in [0.29, 0.717) is 19.5 Å². The van der Waals surface area contributed by atoms with E-state index in [-0.39, 0.29) is 6.03 Å². The number of amides is 2. The Kier molecular flexibility index (Phi) is 3.09. The molecule has 2 N–H and O–H groups in total. The molecule has 4 heteroatoms. The fraction of sp³-hybridized carbons (Fsp3) is 0.267. The van der Waals surface area contributed by atoms with Gasteiger partial charge in [0.15, 0.2) is 0 Å². The molecule has 1 saturated heterocycles. The number of nitrogens with one attached hydrogen (secondary N) is 1. The summed E-state index contributed by atoms with van der Waals surface area (Å²) in [5, 5.41) is 14.5. The second-order valence-electron chi connectivity index (χ2n) is 4.85. The Morgan fingerprint density at radius 3 is 2.79 bits per heavy atom. The summed E-state index contributed by atoms with van der Waals surface area (Å²) in [6, 6.07) is 13.6. The number of aliphatic hydroxyl groups excluding tert-OH is 1. The number of fused-ring (bicyclic) bond motifs is 1. The Hall–Kier alpha value is -2.07. The van der Waals surface area contributed by atoms with Crippen molar-refractivity contribution in [1.82, 2.24) is 4.90 Å². The van der Waals surface area contributed by atoms with Crippen LogP contribution in [0.5, 0.6) is 0 Å². The minimum absolute atomic E-state index is 0.145. The maximum absolute atomic E-state index is 12.1. The summed E-state index contributed by atoms with van der Waals surface area (Å²) in [5.74, 6) is 0. The van der Waals surface area contributed by atoms with E-state index in [2.05, 4.69) is 5.32 Å². The van der Waals surface area contributed by atoms with Crippen molar-refractivity contribution in [2.24, 2.45) is 0 Å². The van der Waals surface area contributed by atoms with Crippen LogP contribution in [-0.4, -0.2) is 35.2 Å². The van der Waals surface area contributed by atoms with E-state index < -0.39 is 6.10 Å². The van der Waals surface area contributed by atoms with Crippen LogP contribution in [0.25, 0.3) is 10.8 Å². The zero-order valence-electron chi connectivity index (χ0n) is 10.5. The van der Waals surface area contributed by atoms with Crippen LogP contribution in [0.1, 0.15) is 6.42 Å². The lowest BCUT2D eigenvalue weighted by Gasteiger charge is -2.17. The fourth-order valence-corrected chi connectivity index (χ4v) is 2.45. The molecule has 1 unspecified atom stereocenters. The molecule has 2 amide bonds. The number of hydrogen-bond acceptors (Lipinski definition) is 2. The maximum atomic E-state index is 12.1. The molecule has 0 aromatic heterocycles. The smallest absolute Gasteiger partial charge is 0.321 e. The first-order valence-electron chi connectivity index (χ1n) is 6.46. The molecule has 1 fully saturated rings. The number of anilines is 1. The number of hydrogen-bond donors (Lipinski definition) is 2. The molecule has 0 saturated carbocycles. The second-order valence-corrected chi connectivity index (χ2v) is 4.85. The molecule has 1 aliphatic heterocycles. The first-order chi connectivity index (χ1) is 9.24. The van der Waals surface area contributed by atoms with Gasteiger partial charge in [0.2, 0.25) is 0 Å². The van der Waals surface area contributed by atoms with Gasteiger partial charge >= 0.3 is 6.03 Å². The van der Waals surface area contributed by atoms with Gasteiger partial charge in [-0.2, -0.15) is 0 Å². The summed E-state index contributed by atoms with van der Waals surface area (Å²) in [7, 11) is 0. The Labute approximate surface area is 111 Å². The van der Waals surface area contributed by atoms with Crippen molar-refractivity contribution in [3.63, 3.8) is 0 Å². The van der Waals surface area contributed by atoms with E-state index in [0.717, 1.165) is 16.5 Å². The first-order valence-corrected chi connectivity index (χ1v) is 6.46. The van der Waals surface area contributed by atoms with E-state index in [1.54, 1.807) is 4.90 Å². The molecular weight excluding hydrogens is 240 g/mol. The molecule has 3 rings (SSSR count). The Balaban J connectivity index is 1.83. The number of urea groups is 1.